The SMILES string of the molecule is COC(=O)c1nc(N)ncc1CN. The number of ether oxygens (including phenoxy) is 1. The van der Waals surface area contributed by atoms with Crippen LogP contribution in [0.15, 0.2) is 6.20 Å². The van der Waals surface area contributed by atoms with Gasteiger partial charge in [0, 0.05) is 18.3 Å². The van der Waals surface area contributed by atoms with E-state index in [4.69, 9.17) is 11.5 Å². The summed E-state index contributed by atoms with van der Waals surface area (Å²) < 4.78 is 4.49. The van der Waals surface area contributed by atoms with Gasteiger partial charge in [0.25, 0.3) is 0 Å². The van der Waals surface area contributed by atoms with E-state index in [1.807, 2.05) is 0 Å². The molecule has 0 spiro atoms. The fourth-order valence-corrected chi connectivity index (χ4v) is 0.843. The largest absolute Gasteiger partial charge is 0.464 e. The fraction of sp³-hybridized carbons (Fsp3) is 0.286. The van der Waals surface area contributed by atoms with Crippen LogP contribution < -0.4 is 11.5 Å². The standard InChI is InChI=1S/C7H10N4O2/c1-13-6(12)5-4(2-8)3-10-7(9)11-5/h3H,2,8H2,1H3,(H2,9,10,11). The highest BCUT2D eigenvalue weighted by Crippen LogP contribution is 2.06. The topological polar surface area (TPSA) is 104 Å². The monoisotopic (exact) mass is 182 g/mol. The molecule has 0 aliphatic rings. The van der Waals surface area contributed by atoms with Gasteiger partial charge in [-0.2, -0.15) is 0 Å². The Labute approximate surface area is 74.9 Å². The predicted molar refractivity (Wildman–Crippen MR) is 45.7 cm³/mol. The zero-order valence-corrected chi connectivity index (χ0v) is 7.15. The first kappa shape index (κ1) is 9.40. The van der Waals surface area contributed by atoms with E-state index in [1.165, 1.54) is 13.3 Å². The van der Waals surface area contributed by atoms with Gasteiger partial charge in [-0.05, 0) is 0 Å². The van der Waals surface area contributed by atoms with E-state index in [9.17, 15) is 4.79 Å². The van der Waals surface area contributed by atoms with E-state index in [0.717, 1.165) is 0 Å². The van der Waals surface area contributed by atoms with Crippen molar-refractivity contribution in [3.63, 3.8) is 0 Å². The molecule has 70 valence electrons. The molecule has 0 aliphatic carbocycles. The molecule has 4 N–H and O–H groups in total. The van der Waals surface area contributed by atoms with Crippen LogP contribution in [0.5, 0.6) is 0 Å². The number of nitrogens with zero attached hydrogens (tertiary/aromatic N) is 2. The van der Waals surface area contributed by atoms with Crippen LogP contribution >= 0.6 is 0 Å². The van der Waals surface area contributed by atoms with Gasteiger partial charge in [0.2, 0.25) is 5.95 Å². The Bertz CT molecular complexity index is 326. The Kier molecular flexibility index (Phi) is 2.76. The summed E-state index contributed by atoms with van der Waals surface area (Å²) in [5, 5.41) is 0. The molecule has 0 unspecified atom stereocenters. The number of carbonyl (C=O) groups excluding carboxylic acids is 1. The van der Waals surface area contributed by atoms with Crippen LogP contribution in [0.25, 0.3) is 0 Å². The summed E-state index contributed by atoms with van der Waals surface area (Å²) in [6.45, 7) is 0.171. The van der Waals surface area contributed by atoms with Gasteiger partial charge in [-0.1, -0.05) is 0 Å². The Morgan fingerprint density at radius 1 is 1.69 bits per heavy atom. The van der Waals surface area contributed by atoms with Crippen molar-refractivity contribution in [2.24, 2.45) is 5.73 Å². The van der Waals surface area contributed by atoms with Gasteiger partial charge in [0.1, 0.15) is 0 Å². The van der Waals surface area contributed by atoms with Crippen molar-refractivity contribution < 1.29 is 9.53 Å². The van der Waals surface area contributed by atoms with Gasteiger partial charge in [-0.3, -0.25) is 0 Å². The first-order valence-corrected chi connectivity index (χ1v) is 3.58. The Morgan fingerprint density at radius 3 is 2.92 bits per heavy atom. The van der Waals surface area contributed by atoms with E-state index in [-0.39, 0.29) is 18.2 Å². The molecule has 0 fully saturated rings. The number of aromatic nitrogens is 2. The summed E-state index contributed by atoms with van der Waals surface area (Å²) in [6, 6.07) is 0. The van der Waals surface area contributed by atoms with Crippen molar-refractivity contribution in [1.29, 1.82) is 0 Å². The van der Waals surface area contributed by atoms with Gasteiger partial charge in [-0.15, -0.1) is 0 Å². The molecule has 0 saturated carbocycles. The molecule has 0 amide bonds. The third-order valence-electron chi connectivity index (χ3n) is 1.48. The zero-order chi connectivity index (χ0) is 9.84. The van der Waals surface area contributed by atoms with Crippen LogP contribution in [-0.2, 0) is 11.3 Å². The minimum Gasteiger partial charge on any atom is -0.464 e. The molecule has 1 rings (SSSR count). The highest BCUT2D eigenvalue weighted by atomic mass is 16.5. The number of hydrogen-bond donors (Lipinski definition) is 2. The van der Waals surface area contributed by atoms with Gasteiger partial charge in [0.05, 0.1) is 7.11 Å². The maximum absolute atomic E-state index is 11.1. The molecule has 6 nitrogen and oxygen atoms in total. The molecule has 0 bridgehead atoms. The zero-order valence-electron chi connectivity index (χ0n) is 7.15. The van der Waals surface area contributed by atoms with Crippen molar-refractivity contribution in [3.05, 3.63) is 17.5 Å². The van der Waals surface area contributed by atoms with Gasteiger partial charge >= 0.3 is 5.97 Å². The fourth-order valence-electron chi connectivity index (χ4n) is 0.843. The third kappa shape index (κ3) is 1.91. The molecule has 0 radical (unpaired) electrons. The quantitative estimate of drug-likeness (QED) is 0.586. The summed E-state index contributed by atoms with van der Waals surface area (Å²) in [5.41, 5.74) is 11.3. The molecule has 1 heterocycles. The molecule has 0 atom stereocenters. The van der Waals surface area contributed by atoms with Crippen molar-refractivity contribution in [2.45, 2.75) is 6.54 Å². The second kappa shape index (κ2) is 3.81. The minimum atomic E-state index is -0.561. The van der Waals surface area contributed by atoms with Gasteiger partial charge in [-0.25, -0.2) is 14.8 Å². The van der Waals surface area contributed by atoms with Gasteiger partial charge in [0.15, 0.2) is 5.69 Å². The van der Waals surface area contributed by atoms with E-state index in [1.54, 1.807) is 0 Å². The van der Waals surface area contributed by atoms with Crippen LogP contribution in [0.4, 0.5) is 5.95 Å². The van der Waals surface area contributed by atoms with E-state index in [0.29, 0.717) is 5.56 Å². The second-order valence-corrected chi connectivity index (χ2v) is 2.30. The number of nitrogens with two attached hydrogens (primary N) is 2. The number of methoxy groups -OCH3 is 1. The maximum Gasteiger partial charge on any atom is 0.357 e. The van der Waals surface area contributed by atoms with Crippen LogP contribution in [0.3, 0.4) is 0 Å². The Hall–Kier alpha value is -1.69. The van der Waals surface area contributed by atoms with Crippen molar-refractivity contribution in [2.75, 3.05) is 12.8 Å². The summed E-state index contributed by atoms with van der Waals surface area (Å²) >= 11 is 0. The second-order valence-electron chi connectivity index (χ2n) is 2.30. The molecular weight excluding hydrogens is 172 g/mol. The van der Waals surface area contributed by atoms with Crippen LogP contribution in [0.2, 0.25) is 0 Å². The lowest BCUT2D eigenvalue weighted by molar-refractivity contribution is 0.0592. The summed E-state index contributed by atoms with van der Waals surface area (Å²) in [5.74, 6) is -0.535. The molecular formula is C7H10N4O2. The average molecular weight is 182 g/mol. The van der Waals surface area contributed by atoms with E-state index < -0.39 is 5.97 Å². The molecule has 1 aromatic rings. The van der Waals surface area contributed by atoms with E-state index in [2.05, 4.69) is 14.7 Å². The molecule has 6 heteroatoms. The van der Waals surface area contributed by atoms with Crippen molar-refractivity contribution in [3.8, 4) is 0 Å². The number of carbonyl (C=O) groups is 1. The summed E-state index contributed by atoms with van der Waals surface area (Å²) in [4.78, 5) is 18.6. The summed E-state index contributed by atoms with van der Waals surface area (Å²) in [6.07, 6.45) is 1.41. The van der Waals surface area contributed by atoms with E-state index >= 15 is 0 Å². The Morgan fingerprint density at radius 2 is 2.38 bits per heavy atom. The predicted octanol–water partition coefficient (Wildman–Crippen LogP) is -0.696. The van der Waals surface area contributed by atoms with Crippen LogP contribution in [0.1, 0.15) is 16.1 Å². The highest BCUT2D eigenvalue weighted by molar-refractivity contribution is 5.88. The number of hydrogen-bond acceptors (Lipinski definition) is 6. The maximum atomic E-state index is 11.1. The smallest absolute Gasteiger partial charge is 0.357 e. The molecule has 0 aliphatic heterocycles. The molecule has 0 aromatic carbocycles. The molecule has 13 heavy (non-hydrogen) atoms. The number of esters is 1. The number of rotatable bonds is 2. The average Bonchev–Trinajstić information content (AvgIpc) is 2.16. The van der Waals surface area contributed by atoms with Gasteiger partial charge < -0.3 is 16.2 Å². The lowest BCUT2D eigenvalue weighted by Crippen LogP contribution is -2.13. The summed E-state index contributed by atoms with van der Waals surface area (Å²) in [7, 11) is 1.26. The Balaban J connectivity index is 3.15. The van der Waals surface area contributed by atoms with Crippen molar-refractivity contribution in [1.82, 2.24) is 9.97 Å². The highest BCUT2D eigenvalue weighted by Gasteiger charge is 2.13. The number of anilines is 1. The molecule has 0 saturated heterocycles. The minimum absolute atomic E-state index is 0.0256. The lowest BCUT2D eigenvalue weighted by Gasteiger charge is -2.03. The first-order chi connectivity index (χ1) is 6.19. The first-order valence-electron chi connectivity index (χ1n) is 3.58. The number of nitrogen functional groups attached to an aromatic ring is 1. The van der Waals surface area contributed by atoms with Crippen LogP contribution in [0, 0.1) is 0 Å². The lowest BCUT2D eigenvalue weighted by atomic mass is 10.2. The molecule has 1 aromatic heterocycles. The van der Waals surface area contributed by atoms with Crippen molar-refractivity contribution >= 4 is 11.9 Å². The normalized spacial score (nSPS) is 9.69. The third-order valence-corrected chi connectivity index (χ3v) is 1.48. The van der Waals surface area contributed by atoms with Crippen LogP contribution in [-0.4, -0.2) is 23.0 Å².